The van der Waals surface area contributed by atoms with Crippen LogP contribution in [0.3, 0.4) is 0 Å². The summed E-state index contributed by atoms with van der Waals surface area (Å²) in [7, 11) is 1.51. The van der Waals surface area contributed by atoms with Gasteiger partial charge in [-0.3, -0.25) is 24.1 Å². The van der Waals surface area contributed by atoms with E-state index in [-0.39, 0.29) is 31.4 Å². The number of amides is 3. The van der Waals surface area contributed by atoms with Gasteiger partial charge < -0.3 is 19.9 Å². The van der Waals surface area contributed by atoms with Gasteiger partial charge in [0.25, 0.3) is 11.8 Å². The molecule has 40 heavy (non-hydrogen) atoms. The highest BCUT2D eigenvalue weighted by atomic mass is 32.1. The maximum atomic E-state index is 13.5. The van der Waals surface area contributed by atoms with Gasteiger partial charge in [-0.05, 0) is 18.6 Å². The first-order chi connectivity index (χ1) is 19.5. The maximum absolute atomic E-state index is 13.5. The lowest BCUT2D eigenvalue weighted by molar-refractivity contribution is -0.146. The molecule has 3 aromatic rings. The van der Waals surface area contributed by atoms with Crippen LogP contribution in [-0.4, -0.2) is 89.7 Å². The van der Waals surface area contributed by atoms with Crippen molar-refractivity contribution in [2.24, 2.45) is 0 Å². The quantitative estimate of drug-likeness (QED) is 0.456. The summed E-state index contributed by atoms with van der Waals surface area (Å²) in [5, 5.41) is 3.89. The number of carbonyl (C=O) groups excluding carboxylic acids is 4. The highest BCUT2D eigenvalue weighted by Gasteiger charge is 2.40. The summed E-state index contributed by atoms with van der Waals surface area (Å²) in [5.41, 5.74) is 2.42. The first-order valence-electron chi connectivity index (χ1n) is 13.2. The summed E-state index contributed by atoms with van der Waals surface area (Å²) in [6.45, 7) is 2.17. The molecule has 3 aliphatic rings. The smallest absolute Gasteiger partial charge is 0.290 e. The van der Waals surface area contributed by atoms with Gasteiger partial charge in [-0.25, -0.2) is 9.97 Å². The second kappa shape index (κ2) is 10.7. The summed E-state index contributed by atoms with van der Waals surface area (Å²) in [4.78, 5) is 66.5. The Bertz CT molecular complexity index is 1480. The zero-order valence-electron chi connectivity index (χ0n) is 22.0. The number of piperazine rings is 1. The molecular formula is C28H28N6O5S. The molecule has 1 N–H and O–H groups in total. The van der Waals surface area contributed by atoms with Crippen LogP contribution in [0.25, 0.3) is 10.6 Å². The van der Waals surface area contributed by atoms with Gasteiger partial charge in [-0.15, -0.1) is 0 Å². The number of nitrogens with zero attached hydrogens (tertiary/aromatic N) is 5. The van der Waals surface area contributed by atoms with E-state index in [1.54, 1.807) is 34.3 Å². The minimum absolute atomic E-state index is 0.0568. The fraction of sp³-hybridized carbons (Fsp3) is 0.357. The molecule has 3 aliphatic heterocycles. The van der Waals surface area contributed by atoms with Crippen LogP contribution in [0.4, 0.5) is 10.8 Å². The van der Waals surface area contributed by atoms with Crippen molar-refractivity contribution in [1.29, 1.82) is 0 Å². The molecule has 3 amide bonds. The van der Waals surface area contributed by atoms with E-state index in [0.29, 0.717) is 59.4 Å². The van der Waals surface area contributed by atoms with Crippen molar-refractivity contribution in [2.75, 3.05) is 56.6 Å². The number of hydrogen-bond donors (Lipinski definition) is 1. The SMILES string of the molecule is COc1cnc(-c2cnc(N3CCCC3=O)s2)c2c1C(C(=O)C(=O)N1CCN(C(=O)c3ccccc3)CC1)CN2. The van der Waals surface area contributed by atoms with Gasteiger partial charge in [0, 0.05) is 63.0 Å². The molecule has 0 aliphatic carbocycles. The number of benzene rings is 1. The highest BCUT2D eigenvalue weighted by molar-refractivity contribution is 7.19. The molecule has 2 fully saturated rings. The number of pyridine rings is 1. The van der Waals surface area contributed by atoms with Gasteiger partial charge in [0.15, 0.2) is 5.13 Å². The van der Waals surface area contributed by atoms with Crippen LogP contribution in [0.2, 0.25) is 0 Å². The van der Waals surface area contributed by atoms with E-state index in [2.05, 4.69) is 15.3 Å². The average Bonchev–Trinajstić information content (AvgIpc) is 3.76. The highest BCUT2D eigenvalue weighted by Crippen LogP contribution is 2.45. The Hall–Kier alpha value is -4.32. The number of thiazole rings is 1. The van der Waals surface area contributed by atoms with Gasteiger partial charge in [-0.1, -0.05) is 29.5 Å². The second-order valence-electron chi connectivity index (χ2n) is 9.87. The van der Waals surface area contributed by atoms with Crippen LogP contribution in [0.15, 0.2) is 42.7 Å². The Labute approximate surface area is 234 Å². The first kappa shape index (κ1) is 25.9. The fourth-order valence-corrected chi connectivity index (χ4v) is 6.41. The van der Waals surface area contributed by atoms with Crippen molar-refractivity contribution in [1.82, 2.24) is 19.8 Å². The standard InChI is InChI=1S/C28H28N6O5S/c1-39-19-15-30-23(20-16-31-28(40-20)34-9-5-8-21(34)35)24-22(19)18(14-29-24)25(36)27(38)33-12-10-32(11-13-33)26(37)17-6-3-2-4-7-17/h2-4,6-7,15-16,18,29H,5,8-14H2,1H3. The second-order valence-corrected chi connectivity index (χ2v) is 10.9. The molecule has 11 nitrogen and oxygen atoms in total. The Morgan fingerprint density at radius 2 is 1.75 bits per heavy atom. The van der Waals surface area contributed by atoms with E-state index in [1.165, 1.54) is 23.3 Å². The van der Waals surface area contributed by atoms with Gasteiger partial charge in [0.05, 0.1) is 29.8 Å². The normalized spacial score (nSPS) is 18.5. The summed E-state index contributed by atoms with van der Waals surface area (Å²) in [5.74, 6) is -1.44. The molecule has 1 aromatic carbocycles. The molecule has 12 heteroatoms. The Balaban J connectivity index is 1.19. The molecule has 2 saturated heterocycles. The molecule has 0 radical (unpaired) electrons. The zero-order valence-corrected chi connectivity index (χ0v) is 22.8. The number of fused-ring (bicyclic) bond motifs is 1. The van der Waals surface area contributed by atoms with Crippen molar-refractivity contribution in [3.8, 4) is 16.3 Å². The zero-order chi connectivity index (χ0) is 27.8. The van der Waals surface area contributed by atoms with Gasteiger partial charge in [0.1, 0.15) is 11.4 Å². The van der Waals surface area contributed by atoms with Crippen LogP contribution in [0.1, 0.15) is 34.7 Å². The first-order valence-corrected chi connectivity index (χ1v) is 14.0. The third-order valence-electron chi connectivity index (χ3n) is 7.57. The summed E-state index contributed by atoms with van der Waals surface area (Å²) < 4.78 is 5.55. The molecule has 0 bridgehead atoms. The number of carbonyl (C=O) groups is 4. The Morgan fingerprint density at radius 3 is 2.45 bits per heavy atom. The molecule has 0 saturated carbocycles. The number of nitrogens with one attached hydrogen (secondary N) is 1. The number of aromatic nitrogens is 2. The van der Waals surface area contributed by atoms with E-state index in [9.17, 15) is 19.2 Å². The van der Waals surface area contributed by atoms with Crippen molar-refractivity contribution in [3.63, 3.8) is 0 Å². The largest absolute Gasteiger partial charge is 0.495 e. The number of Topliss-reactive ketones (excluding diaryl/α,β-unsaturated/α-hetero) is 1. The lowest BCUT2D eigenvalue weighted by Gasteiger charge is -2.34. The van der Waals surface area contributed by atoms with Gasteiger partial charge >= 0.3 is 0 Å². The molecule has 206 valence electrons. The molecule has 5 heterocycles. The predicted molar refractivity (Wildman–Crippen MR) is 149 cm³/mol. The van der Waals surface area contributed by atoms with E-state index >= 15 is 0 Å². The van der Waals surface area contributed by atoms with E-state index in [1.807, 2.05) is 18.2 Å². The monoisotopic (exact) mass is 560 g/mol. The molecule has 0 spiro atoms. The predicted octanol–water partition coefficient (Wildman–Crippen LogP) is 2.40. The minimum Gasteiger partial charge on any atom is -0.495 e. The van der Waals surface area contributed by atoms with E-state index < -0.39 is 17.6 Å². The van der Waals surface area contributed by atoms with E-state index in [4.69, 9.17) is 4.74 Å². The van der Waals surface area contributed by atoms with Crippen LogP contribution in [0.5, 0.6) is 5.75 Å². The van der Waals surface area contributed by atoms with E-state index in [0.717, 1.165) is 11.3 Å². The number of ether oxygens (including phenoxy) is 1. The van der Waals surface area contributed by atoms with Crippen molar-refractivity contribution < 1.29 is 23.9 Å². The molecule has 1 unspecified atom stereocenters. The number of hydrogen-bond acceptors (Lipinski definition) is 9. The lowest BCUT2D eigenvalue weighted by atomic mass is 9.94. The fourth-order valence-electron chi connectivity index (χ4n) is 5.44. The van der Waals surface area contributed by atoms with Crippen LogP contribution in [-0.2, 0) is 14.4 Å². The van der Waals surface area contributed by atoms with Crippen molar-refractivity contribution in [2.45, 2.75) is 18.8 Å². The topological polar surface area (TPSA) is 125 Å². The summed E-state index contributed by atoms with van der Waals surface area (Å²) in [6.07, 6.45) is 4.56. The Kier molecular flexibility index (Phi) is 6.93. The third kappa shape index (κ3) is 4.57. The lowest BCUT2D eigenvalue weighted by Crippen LogP contribution is -2.52. The molecule has 6 rings (SSSR count). The maximum Gasteiger partial charge on any atom is 0.290 e. The van der Waals surface area contributed by atoms with Crippen LogP contribution < -0.4 is 15.0 Å². The minimum atomic E-state index is -0.740. The molecule has 1 atom stereocenters. The number of rotatable bonds is 6. The van der Waals surface area contributed by atoms with Gasteiger partial charge in [0.2, 0.25) is 11.7 Å². The molecular weight excluding hydrogens is 532 g/mol. The van der Waals surface area contributed by atoms with Gasteiger partial charge in [-0.2, -0.15) is 0 Å². The summed E-state index contributed by atoms with van der Waals surface area (Å²) in [6, 6.07) is 9.02. The van der Waals surface area contributed by atoms with Crippen LogP contribution in [0, 0.1) is 0 Å². The molecule has 2 aromatic heterocycles. The Morgan fingerprint density at radius 1 is 1.00 bits per heavy atom. The van der Waals surface area contributed by atoms with Crippen LogP contribution >= 0.6 is 11.3 Å². The number of anilines is 2. The average molecular weight is 561 g/mol. The number of ketones is 1. The third-order valence-corrected chi connectivity index (χ3v) is 8.59. The van der Waals surface area contributed by atoms with Crippen molar-refractivity contribution >= 4 is 45.7 Å². The number of methoxy groups -OCH3 is 1. The summed E-state index contributed by atoms with van der Waals surface area (Å²) >= 11 is 1.36. The van der Waals surface area contributed by atoms with Crippen molar-refractivity contribution in [3.05, 3.63) is 53.9 Å².